The number of para-hydroxylation sites is 1. The van der Waals surface area contributed by atoms with Gasteiger partial charge in [0.25, 0.3) is 0 Å². The predicted molar refractivity (Wildman–Crippen MR) is 68.6 cm³/mol. The normalized spacial score (nSPS) is 17.9. The lowest BCUT2D eigenvalue weighted by atomic mass is 10.1. The molecule has 4 nitrogen and oxygen atoms in total. The van der Waals surface area contributed by atoms with Gasteiger partial charge in [0.1, 0.15) is 11.9 Å². The molecule has 0 saturated carbocycles. The van der Waals surface area contributed by atoms with Crippen LogP contribution < -0.4 is 10.5 Å². The summed E-state index contributed by atoms with van der Waals surface area (Å²) in [4.78, 5) is 2.16. The number of rotatable bonds is 5. The molecule has 4 heteroatoms. The highest BCUT2D eigenvalue weighted by molar-refractivity contribution is 5.76. The van der Waals surface area contributed by atoms with Crippen LogP contribution in [0.1, 0.15) is 12.0 Å². The molecule has 1 aliphatic rings. The second kappa shape index (κ2) is 5.19. The standard InChI is InChI=1S/C13H19N3O/c1-16(7-6-13(14)15)9-11-8-10-4-2-3-5-12(10)17-11/h2-5,11H,6-9H2,1H3,(H3,14,15). The van der Waals surface area contributed by atoms with E-state index in [1.165, 1.54) is 5.56 Å². The van der Waals surface area contributed by atoms with Gasteiger partial charge in [-0.1, -0.05) is 18.2 Å². The molecule has 1 aromatic rings. The van der Waals surface area contributed by atoms with E-state index in [9.17, 15) is 0 Å². The number of nitrogens with two attached hydrogens (primary N) is 1. The first-order chi connectivity index (χ1) is 8.15. The average molecular weight is 233 g/mol. The molecule has 0 amide bonds. The lowest BCUT2D eigenvalue weighted by molar-refractivity contribution is 0.170. The van der Waals surface area contributed by atoms with Crippen molar-refractivity contribution in [3.8, 4) is 5.75 Å². The van der Waals surface area contributed by atoms with Gasteiger partial charge in [-0.05, 0) is 18.7 Å². The minimum atomic E-state index is 0.226. The van der Waals surface area contributed by atoms with E-state index in [-0.39, 0.29) is 11.9 Å². The van der Waals surface area contributed by atoms with Gasteiger partial charge in [0, 0.05) is 25.9 Å². The van der Waals surface area contributed by atoms with Crippen LogP contribution in [0.3, 0.4) is 0 Å². The Bertz CT molecular complexity index is 380. The highest BCUT2D eigenvalue weighted by atomic mass is 16.5. The highest BCUT2D eigenvalue weighted by Gasteiger charge is 2.23. The SMILES string of the molecule is CN(CCC(=N)N)CC1Cc2ccccc2O1. The lowest BCUT2D eigenvalue weighted by Gasteiger charge is -2.20. The molecule has 1 aliphatic heterocycles. The van der Waals surface area contributed by atoms with Crippen molar-refractivity contribution < 1.29 is 4.74 Å². The van der Waals surface area contributed by atoms with Gasteiger partial charge in [0.05, 0.1) is 5.84 Å². The maximum atomic E-state index is 7.20. The summed E-state index contributed by atoms with van der Waals surface area (Å²) in [7, 11) is 2.04. The summed E-state index contributed by atoms with van der Waals surface area (Å²) in [5.41, 5.74) is 6.63. The van der Waals surface area contributed by atoms with Crippen LogP contribution in [0.5, 0.6) is 5.75 Å². The summed E-state index contributed by atoms with van der Waals surface area (Å²) in [5.74, 6) is 1.25. The van der Waals surface area contributed by atoms with E-state index in [0.717, 1.165) is 25.3 Å². The zero-order chi connectivity index (χ0) is 12.3. The van der Waals surface area contributed by atoms with E-state index in [2.05, 4.69) is 11.0 Å². The smallest absolute Gasteiger partial charge is 0.123 e. The fourth-order valence-corrected chi connectivity index (χ4v) is 2.11. The molecule has 0 saturated heterocycles. The van der Waals surface area contributed by atoms with Gasteiger partial charge in [0.15, 0.2) is 0 Å². The summed E-state index contributed by atoms with van der Waals surface area (Å²) in [6, 6.07) is 8.18. The lowest BCUT2D eigenvalue weighted by Crippen LogP contribution is -2.34. The molecule has 0 aliphatic carbocycles. The van der Waals surface area contributed by atoms with E-state index in [1.807, 2.05) is 25.2 Å². The average Bonchev–Trinajstić information content (AvgIpc) is 2.68. The largest absolute Gasteiger partial charge is 0.488 e. The number of benzene rings is 1. The number of hydrogen-bond acceptors (Lipinski definition) is 3. The third kappa shape index (κ3) is 3.20. The van der Waals surface area contributed by atoms with Crippen LogP contribution in [-0.4, -0.2) is 37.0 Å². The second-order valence-electron chi connectivity index (χ2n) is 4.59. The Kier molecular flexibility index (Phi) is 3.64. The van der Waals surface area contributed by atoms with Crippen molar-refractivity contribution in [3.05, 3.63) is 29.8 Å². The molecule has 0 radical (unpaired) electrons. The van der Waals surface area contributed by atoms with E-state index in [4.69, 9.17) is 15.9 Å². The third-order valence-electron chi connectivity index (χ3n) is 2.99. The van der Waals surface area contributed by atoms with Gasteiger partial charge in [-0.25, -0.2) is 0 Å². The van der Waals surface area contributed by atoms with Gasteiger partial charge in [0.2, 0.25) is 0 Å². The molecule has 3 N–H and O–H groups in total. The summed E-state index contributed by atoms with van der Waals surface area (Å²) in [5, 5.41) is 7.20. The van der Waals surface area contributed by atoms with E-state index < -0.39 is 0 Å². The van der Waals surface area contributed by atoms with E-state index in [0.29, 0.717) is 6.42 Å². The van der Waals surface area contributed by atoms with Crippen molar-refractivity contribution in [1.29, 1.82) is 5.41 Å². The van der Waals surface area contributed by atoms with E-state index in [1.54, 1.807) is 0 Å². The van der Waals surface area contributed by atoms with E-state index >= 15 is 0 Å². The fraction of sp³-hybridized carbons (Fsp3) is 0.462. The maximum absolute atomic E-state index is 7.20. The summed E-state index contributed by atoms with van der Waals surface area (Å²) in [6.07, 6.45) is 1.82. The number of nitrogens with one attached hydrogen (secondary N) is 1. The van der Waals surface area contributed by atoms with Crippen molar-refractivity contribution >= 4 is 5.84 Å². The molecule has 2 rings (SSSR count). The molecule has 0 aromatic heterocycles. The van der Waals surface area contributed by atoms with Gasteiger partial charge in [-0.2, -0.15) is 0 Å². The fourth-order valence-electron chi connectivity index (χ4n) is 2.11. The molecule has 0 bridgehead atoms. The highest BCUT2D eigenvalue weighted by Crippen LogP contribution is 2.28. The summed E-state index contributed by atoms with van der Waals surface area (Å²) >= 11 is 0. The van der Waals surface area contributed by atoms with Crippen LogP contribution in [0.15, 0.2) is 24.3 Å². The Labute approximate surface area is 102 Å². The molecule has 1 aromatic carbocycles. The van der Waals surface area contributed by atoms with Crippen LogP contribution in [0.4, 0.5) is 0 Å². The second-order valence-corrected chi connectivity index (χ2v) is 4.59. The summed E-state index contributed by atoms with van der Waals surface area (Å²) < 4.78 is 5.86. The number of fused-ring (bicyclic) bond motifs is 1. The van der Waals surface area contributed by atoms with Crippen LogP contribution in [0, 0.1) is 5.41 Å². The van der Waals surface area contributed by atoms with Crippen LogP contribution in [0.25, 0.3) is 0 Å². The first-order valence-corrected chi connectivity index (χ1v) is 5.91. The minimum Gasteiger partial charge on any atom is -0.488 e. The monoisotopic (exact) mass is 233 g/mol. The first-order valence-electron chi connectivity index (χ1n) is 5.91. The zero-order valence-corrected chi connectivity index (χ0v) is 10.1. The molecular formula is C13H19N3O. The number of likely N-dealkylation sites (N-methyl/N-ethyl adjacent to an activating group) is 1. The molecular weight excluding hydrogens is 214 g/mol. The van der Waals surface area contributed by atoms with Gasteiger partial charge in [-0.3, -0.25) is 5.41 Å². The van der Waals surface area contributed by atoms with Crippen LogP contribution in [-0.2, 0) is 6.42 Å². The van der Waals surface area contributed by atoms with Crippen LogP contribution >= 0.6 is 0 Å². The number of amidine groups is 1. The van der Waals surface area contributed by atoms with Crippen LogP contribution in [0.2, 0.25) is 0 Å². The predicted octanol–water partition coefficient (Wildman–Crippen LogP) is 1.25. The van der Waals surface area contributed by atoms with Crippen molar-refractivity contribution in [2.24, 2.45) is 5.73 Å². The molecule has 0 spiro atoms. The van der Waals surface area contributed by atoms with Crippen molar-refractivity contribution in [1.82, 2.24) is 4.90 Å². The first kappa shape index (κ1) is 11.9. The maximum Gasteiger partial charge on any atom is 0.123 e. The topological polar surface area (TPSA) is 62.3 Å². The molecule has 1 heterocycles. The van der Waals surface area contributed by atoms with Crippen molar-refractivity contribution in [2.75, 3.05) is 20.1 Å². The number of hydrogen-bond donors (Lipinski definition) is 2. The zero-order valence-electron chi connectivity index (χ0n) is 10.1. The Hall–Kier alpha value is -1.55. The molecule has 0 fully saturated rings. The Morgan fingerprint density at radius 3 is 3.00 bits per heavy atom. The number of nitrogens with zero attached hydrogens (tertiary/aromatic N) is 1. The quantitative estimate of drug-likeness (QED) is 0.594. The minimum absolute atomic E-state index is 0.226. The van der Waals surface area contributed by atoms with Gasteiger partial charge < -0.3 is 15.4 Å². The van der Waals surface area contributed by atoms with Crippen molar-refractivity contribution in [3.63, 3.8) is 0 Å². The number of ether oxygens (including phenoxy) is 1. The Morgan fingerprint density at radius 2 is 2.29 bits per heavy atom. The van der Waals surface area contributed by atoms with Gasteiger partial charge in [-0.15, -0.1) is 0 Å². The van der Waals surface area contributed by atoms with Crippen molar-refractivity contribution in [2.45, 2.75) is 18.9 Å². The van der Waals surface area contributed by atoms with Gasteiger partial charge >= 0.3 is 0 Å². The third-order valence-corrected chi connectivity index (χ3v) is 2.99. The summed E-state index contributed by atoms with van der Waals surface area (Å²) in [6.45, 7) is 1.69. The molecule has 17 heavy (non-hydrogen) atoms. The molecule has 92 valence electrons. The Balaban J connectivity index is 1.81. The molecule has 1 unspecified atom stereocenters. The Morgan fingerprint density at radius 1 is 1.53 bits per heavy atom. The molecule has 1 atom stereocenters.